The third-order valence-corrected chi connectivity index (χ3v) is 6.23. The molecule has 0 spiro atoms. The highest BCUT2D eigenvalue weighted by Gasteiger charge is 2.39. The van der Waals surface area contributed by atoms with E-state index in [1.165, 1.54) is 11.3 Å². The predicted molar refractivity (Wildman–Crippen MR) is 121 cm³/mol. The topological polar surface area (TPSA) is 88.6 Å². The maximum absolute atomic E-state index is 13.4. The third-order valence-electron chi connectivity index (χ3n) is 5.18. The Labute approximate surface area is 187 Å². The largest absolute Gasteiger partial charge is 0.444 e. The molecular weight excluding hydrogens is 414 g/mol. The second kappa shape index (κ2) is 9.77. The number of nitrogens with one attached hydrogen (secondary N) is 1. The van der Waals surface area contributed by atoms with Crippen molar-refractivity contribution >= 4 is 39.3 Å². The number of carbonyl (C=O) groups is 3. The van der Waals surface area contributed by atoms with E-state index in [2.05, 4.69) is 10.3 Å². The standard InChI is InChI=1S/C23H31N3O4S/c1-5-6-10-16(25-22(29)30-23(2,3)4)21(28)26-14-9-12-17(26)19(27)20-24-15-11-7-8-13-18(15)31-20/h7-8,11,13,16-17H,5-6,9-10,12,14H2,1-4H3,(H,25,29)/t16-,17-/m0/s1. The lowest BCUT2D eigenvalue weighted by molar-refractivity contribution is -0.133. The van der Waals surface area contributed by atoms with E-state index in [9.17, 15) is 14.4 Å². The van der Waals surface area contributed by atoms with Crippen LogP contribution >= 0.6 is 11.3 Å². The van der Waals surface area contributed by atoms with Crippen molar-refractivity contribution in [1.82, 2.24) is 15.2 Å². The van der Waals surface area contributed by atoms with Gasteiger partial charge < -0.3 is 15.0 Å². The van der Waals surface area contributed by atoms with Crippen LogP contribution in [-0.2, 0) is 9.53 Å². The summed E-state index contributed by atoms with van der Waals surface area (Å²) in [7, 11) is 0. The van der Waals surface area contributed by atoms with Gasteiger partial charge in [-0.3, -0.25) is 9.59 Å². The fraction of sp³-hybridized carbons (Fsp3) is 0.565. The molecule has 1 aromatic heterocycles. The van der Waals surface area contributed by atoms with Gasteiger partial charge in [0.2, 0.25) is 11.7 Å². The molecule has 7 nitrogen and oxygen atoms in total. The van der Waals surface area contributed by atoms with Crippen LogP contribution in [-0.4, -0.2) is 51.9 Å². The maximum atomic E-state index is 13.4. The molecule has 2 aromatic rings. The van der Waals surface area contributed by atoms with Crippen molar-refractivity contribution in [1.29, 1.82) is 0 Å². The lowest BCUT2D eigenvalue weighted by atomic mass is 10.1. The monoisotopic (exact) mass is 445 g/mol. The molecule has 0 unspecified atom stereocenters. The normalized spacial score (nSPS) is 17.5. The highest BCUT2D eigenvalue weighted by Crippen LogP contribution is 2.28. The molecule has 0 radical (unpaired) electrons. The number of para-hydroxylation sites is 1. The van der Waals surface area contributed by atoms with E-state index in [1.54, 1.807) is 25.7 Å². The van der Waals surface area contributed by atoms with Gasteiger partial charge in [-0.25, -0.2) is 9.78 Å². The van der Waals surface area contributed by atoms with Gasteiger partial charge >= 0.3 is 6.09 Å². The van der Waals surface area contributed by atoms with Crippen molar-refractivity contribution in [3.8, 4) is 0 Å². The van der Waals surface area contributed by atoms with Crippen molar-refractivity contribution in [2.45, 2.75) is 77.5 Å². The second-order valence-corrected chi connectivity index (χ2v) is 9.91. The van der Waals surface area contributed by atoms with Gasteiger partial charge in [0.05, 0.1) is 16.3 Å². The molecule has 1 aliphatic heterocycles. The van der Waals surface area contributed by atoms with Gasteiger partial charge in [-0.15, -0.1) is 11.3 Å². The highest BCUT2D eigenvalue weighted by atomic mass is 32.1. The van der Waals surface area contributed by atoms with E-state index in [4.69, 9.17) is 4.74 Å². The Kier molecular flexibility index (Phi) is 7.30. The number of likely N-dealkylation sites (tertiary alicyclic amines) is 1. The number of ketones is 1. The molecule has 1 saturated heterocycles. The molecular formula is C23H31N3O4S. The van der Waals surface area contributed by atoms with Crippen LogP contribution in [0.1, 0.15) is 69.6 Å². The fourth-order valence-corrected chi connectivity index (χ4v) is 4.69. The predicted octanol–water partition coefficient (Wildman–Crippen LogP) is 4.55. The van der Waals surface area contributed by atoms with Gasteiger partial charge in [0.25, 0.3) is 0 Å². The first-order valence-corrected chi connectivity index (χ1v) is 11.7. The average Bonchev–Trinajstić information content (AvgIpc) is 3.35. The quantitative estimate of drug-likeness (QED) is 0.632. The van der Waals surface area contributed by atoms with Gasteiger partial charge in [0.1, 0.15) is 11.6 Å². The number of alkyl carbamates (subject to hydrolysis) is 1. The van der Waals surface area contributed by atoms with Gasteiger partial charge in [0, 0.05) is 6.54 Å². The fourth-order valence-electron chi connectivity index (χ4n) is 3.74. The van der Waals surface area contributed by atoms with Crippen molar-refractivity contribution in [3.05, 3.63) is 29.3 Å². The van der Waals surface area contributed by atoms with E-state index < -0.39 is 23.8 Å². The van der Waals surface area contributed by atoms with Crippen molar-refractivity contribution in [2.75, 3.05) is 6.54 Å². The van der Waals surface area contributed by atoms with Gasteiger partial charge in [0.15, 0.2) is 5.01 Å². The molecule has 1 fully saturated rings. The molecule has 2 heterocycles. The maximum Gasteiger partial charge on any atom is 0.408 e. The zero-order valence-corrected chi connectivity index (χ0v) is 19.5. The average molecular weight is 446 g/mol. The molecule has 3 rings (SSSR count). The molecule has 2 amide bonds. The first-order chi connectivity index (χ1) is 14.7. The van der Waals surface area contributed by atoms with E-state index >= 15 is 0 Å². The number of aromatic nitrogens is 1. The van der Waals surface area contributed by atoms with E-state index in [1.807, 2.05) is 31.2 Å². The molecule has 31 heavy (non-hydrogen) atoms. The van der Waals surface area contributed by atoms with E-state index in [0.717, 1.165) is 29.5 Å². The summed E-state index contributed by atoms with van der Waals surface area (Å²) in [6, 6.07) is 6.37. The summed E-state index contributed by atoms with van der Waals surface area (Å²) in [6.07, 6.45) is 2.93. The molecule has 8 heteroatoms. The lowest BCUT2D eigenvalue weighted by Crippen LogP contribution is -2.52. The van der Waals surface area contributed by atoms with Gasteiger partial charge in [-0.1, -0.05) is 31.9 Å². The van der Waals surface area contributed by atoms with Crippen LogP contribution in [0.3, 0.4) is 0 Å². The summed E-state index contributed by atoms with van der Waals surface area (Å²) in [5.74, 6) is -0.352. The molecule has 2 atom stereocenters. The number of amides is 2. The molecule has 1 aliphatic rings. The van der Waals surface area contributed by atoms with Crippen LogP contribution in [0.2, 0.25) is 0 Å². The zero-order chi connectivity index (χ0) is 22.6. The summed E-state index contributed by atoms with van der Waals surface area (Å²) in [5, 5.41) is 3.16. The van der Waals surface area contributed by atoms with Crippen LogP contribution in [0.4, 0.5) is 4.79 Å². The summed E-state index contributed by atoms with van der Waals surface area (Å²) >= 11 is 1.36. The number of hydrogen-bond acceptors (Lipinski definition) is 6. The van der Waals surface area contributed by atoms with Gasteiger partial charge in [-0.05, 0) is 52.2 Å². The molecule has 0 bridgehead atoms. The van der Waals surface area contributed by atoms with Crippen LogP contribution in [0.25, 0.3) is 10.2 Å². The molecule has 168 valence electrons. The first kappa shape index (κ1) is 23.2. The number of ether oxygens (including phenoxy) is 1. The van der Waals surface area contributed by atoms with E-state index in [0.29, 0.717) is 24.4 Å². The molecule has 0 aliphatic carbocycles. The number of unbranched alkanes of at least 4 members (excludes halogenated alkanes) is 1. The van der Waals surface area contributed by atoms with Gasteiger partial charge in [-0.2, -0.15) is 0 Å². The van der Waals surface area contributed by atoms with E-state index in [-0.39, 0.29) is 11.7 Å². The molecule has 0 saturated carbocycles. The number of hydrogen-bond donors (Lipinski definition) is 1. The summed E-state index contributed by atoms with van der Waals surface area (Å²) in [4.78, 5) is 45.0. The summed E-state index contributed by atoms with van der Waals surface area (Å²) in [6.45, 7) is 7.87. The second-order valence-electron chi connectivity index (χ2n) is 8.88. The van der Waals surface area contributed by atoms with Crippen LogP contribution in [0.15, 0.2) is 24.3 Å². The first-order valence-electron chi connectivity index (χ1n) is 10.9. The number of Topliss-reactive ketones (excluding diaryl/α,β-unsaturated/α-hetero) is 1. The Hall–Kier alpha value is -2.48. The minimum absolute atomic E-state index is 0.126. The minimum Gasteiger partial charge on any atom is -0.444 e. The SMILES string of the molecule is CCCC[C@H](NC(=O)OC(C)(C)C)C(=O)N1CCC[C@H]1C(=O)c1nc2ccccc2s1. The smallest absolute Gasteiger partial charge is 0.408 e. The lowest BCUT2D eigenvalue weighted by Gasteiger charge is -2.29. The minimum atomic E-state index is -0.710. The zero-order valence-electron chi connectivity index (χ0n) is 18.6. The number of nitrogens with zero attached hydrogens (tertiary/aromatic N) is 2. The summed E-state index contributed by atoms with van der Waals surface area (Å²) < 4.78 is 6.30. The number of benzene rings is 1. The number of thiazole rings is 1. The Balaban J connectivity index is 1.76. The van der Waals surface area contributed by atoms with Crippen molar-refractivity contribution in [2.24, 2.45) is 0 Å². The molecule has 1 N–H and O–H groups in total. The Morgan fingerprint density at radius 3 is 2.71 bits per heavy atom. The number of rotatable bonds is 7. The van der Waals surface area contributed by atoms with Crippen molar-refractivity contribution < 1.29 is 19.1 Å². The number of carbonyl (C=O) groups excluding carboxylic acids is 3. The van der Waals surface area contributed by atoms with Crippen LogP contribution in [0.5, 0.6) is 0 Å². The Morgan fingerprint density at radius 2 is 2.03 bits per heavy atom. The highest BCUT2D eigenvalue weighted by molar-refractivity contribution is 7.20. The molecule has 1 aromatic carbocycles. The third kappa shape index (κ3) is 5.81. The Morgan fingerprint density at radius 1 is 1.29 bits per heavy atom. The summed E-state index contributed by atoms with van der Waals surface area (Å²) in [5.41, 5.74) is 0.140. The Bertz CT molecular complexity index is 917. The van der Waals surface area contributed by atoms with Crippen molar-refractivity contribution in [3.63, 3.8) is 0 Å². The van der Waals surface area contributed by atoms with Crippen LogP contribution in [0, 0.1) is 0 Å². The number of fused-ring (bicyclic) bond motifs is 1. The van der Waals surface area contributed by atoms with Crippen LogP contribution < -0.4 is 5.32 Å².